The van der Waals surface area contributed by atoms with E-state index in [0.717, 1.165) is 15.4 Å². The maximum Gasteiger partial charge on any atom is 0.264 e. The van der Waals surface area contributed by atoms with E-state index in [4.69, 9.17) is 21.1 Å². The molecule has 0 spiro atoms. The predicted octanol–water partition coefficient (Wildman–Crippen LogP) is 4.36. The summed E-state index contributed by atoms with van der Waals surface area (Å²) in [6, 6.07) is 18.6. The van der Waals surface area contributed by atoms with Crippen LogP contribution in [0.25, 0.3) is 0 Å². The van der Waals surface area contributed by atoms with Crippen molar-refractivity contribution in [1.82, 2.24) is 5.32 Å². The highest BCUT2D eigenvalue weighted by atomic mass is 35.5. The van der Waals surface area contributed by atoms with Crippen molar-refractivity contribution in [2.24, 2.45) is 0 Å². The van der Waals surface area contributed by atoms with E-state index in [2.05, 4.69) is 5.32 Å². The lowest BCUT2D eigenvalue weighted by molar-refractivity contribution is -0.119. The van der Waals surface area contributed by atoms with Crippen molar-refractivity contribution in [2.75, 3.05) is 31.1 Å². The Labute approximate surface area is 205 Å². The van der Waals surface area contributed by atoms with Crippen LogP contribution in [0.5, 0.6) is 11.5 Å². The third-order valence-electron chi connectivity index (χ3n) is 4.99. The van der Waals surface area contributed by atoms with Crippen LogP contribution in [0.2, 0.25) is 5.02 Å². The highest BCUT2D eigenvalue weighted by molar-refractivity contribution is 7.92. The topological polar surface area (TPSA) is 84.9 Å². The minimum atomic E-state index is -4.09. The Kier molecular flexibility index (Phi) is 8.41. The summed E-state index contributed by atoms with van der Waals surface area (Å²) in [4.78, 5) is 12.8. The molecule has 0 atom stereocenters. The molecular formula is C25H27ClN2O5S. The number of amides is 1. The van der Waals surface area contributed by atoms with Gasteiger partial charge in [-0.05, 0) is 61.9 Å². The first-order chi connectivity index (χ1) is 16.2. The molecule has 0 aliphatic rings. The summed E-state index contributed by atoms with van der Waals surface area (Å²) in [5.74, 6) is 0.475. The van der Waals surface area contributed by atoms with E-state index in [0.29, 0.717) is 10.8 Å². The molecule has 180 valence electrons. The summed E-state index contributed by atoms with van der Waals surface area (Å²) < 4.78 is 39.1. The summed E-state index contributed by atoms with van der Waals surface area (Å²) >= 11 is 6.15. The quantitative estimate of drug-likeness (QED) is 0.416. The number of ether oxygens (including phenoxy) is 2. The fourth-order valence-corrected chi connectivity index (χ4v) is 4.84. The number of nitrogens with one attached hydrogen (secondary N) is 1. The molecule has 1 N–H and O–H groups in total. The molecule has 0 unspecified atom stereocenters. The molecule has 3 aromatic rings. The number of sulfonamides is 1. The summed E-state index contributed by atoms with van der Waals surface area (Å²) in [6.45, 7) is 3.80. The first kappa shape index (κ1) is 25.4. The summed E-state index contributed by atoms with van der Waals surface area (Å²) in [7, 11) is -2.67. The molecule has 0 aromatic heterocycles. The first-order valence-corrected chi connectivity index (χ1v) is 12.4. The second kappa shape index (κ2) is 11.3. The number of carbonyl (C=O) groups is 1. The number of benzene rings is 3. The van der Waals surface area contributed by atoms with E-state index in [1.807, 2.05) is 38.1 Å². The minimum absolute atomic E-state index is 0.0516. The van der Waals surface area contributed by atoms with E-state index in [9.17, 15) is 13.2 Å². The van der Waals surface area contributed by atoms with E-state index in [-0.39, 0.29) is 29.5 Å². The SMILES string of the molecule is COc1ccc(Cl)cc1N(CC(=O)NCCOc1cccc(C)c1)S(=O)(=O)c1ccc(C)cc1. The van der Waals surface area contributed by atoms with Crippen molar-refractivity contribution in [1.29, 1.82) is 0 Å². The molecule has 0 aliphatic heterocycles. The number of anilines is 1. The zero-order valence-electron chi connectivity index (χ0n) is 19.2. The van der Waals surface area contributed by atoms with Crippen LogP contribution in [-0.2, 0) is 14.8 Å². The minimum Gasteiger partial charge on any atom is -0.495 e. The van der Waals surface area contributed by atoms with E-state index >= 15 is 0 Å². The predicted molar refractivity (Wildman–Crippen MR) is 133 cm³/mol. The second-order valence-corrected chi connectivity index (χ2v) is 9.95. The molecule has 3 aromatic carbocycles. The summed E-state index contributed by atoms with van der Waals surface area (Å²) in [6.07, 6.45) is 0. The lowest BCUT2D eigenvalue weighted by Crippen LogP contribution is -2.42. The van der Waals surface area contributed by atoms with Crippen molar-refractivity contribution < 1.29 is 22.7 Å². The van der Waals surface area contributed by atoms with Gasteiger partial charge >= 0.3 is 0 Å². The maximum atomic E-state index is 13.5. The Morgan fingerprint density at radius 3 is 2.41 bits per heavy atom. The van der Waals surface area contributed by atoms with Crippen LogP contribution in [0, 0.1) is 13.8 Å². The van der Waals surface area contributed by atoms with Gasteiger partial charge in [-0.2, -0.15) is 0 Å². The molecule has 7 nitrogen and oxygen atoms in total. The monoisotopic (exact) mass is 502 g/mol. The largest absolute Gasteiger partial charge is 0.495 e. The Balaban J connectivity index is 1.79. The standard InChI is InChI=1S/C25H27ClN2O5S/c1-18-7-10-22(11-8-18)34(30,31)28(23-16-20(26)9-12-24(23)32-3)17-25(29)27-13-14-33-21-6-4-5-19(2)15-21/h4-12,15-16H,13-14,17H2,1-3H3,(H,27,29). The highest BCUT2D eigenvalue weighted by Gasteiger charge is 2.29. The van der Waals surface area contributed by atoms with Crippen LogP contribution in [0.4, 0.5) is 5.69 Å². The number of carbonyl (C=O) groups excluding carboxylic acids is 1. The van der Waals surface area contributed by atoms with Gasteiger partial charge in [0.25, 0.3) is 10.0 Å². The first-order valence-electron chi connectivity index (χ1n) is 10.6. The third-order valence-corrected chi connectivity index (χ3v) is 7.00. The smallest absolute Gasteiger partial charge is 0.264 e. The lowest BCUT2D eigenvalue weighted by Gasteiger charge is -2.26. The summed E-state index contributed by atoms with van der Waals surface area (Å²) in [5, 5.41) is 3.02. The number of methoxy groups -OCH3 is 1. The van der Waals surface area contributed by atoms with Gasteiger partial charge in [-0.1, -0.05) is 41.4 Å². The van der Waals surface area contributed by atoms with Gasteiger partial charge in [0.1, 0.15) is 24.7 Å². The molecule has 1 amide bonds. The van der Waals surface area contributed by atoms with Crippen molar-refractivity contribution in [3.8, 4) is 11.5 Å². The lowest BCUT2D eigenvalue weighted by atomic mass is 10.2. The molecule has 0 heterocycles. The van der Waals surface area contributed by atoms with Crippen LogP contribution in [-0.4, -0.2) is 41.1 Å². The van der Waals surface area contributed by atoms with Crippen LogP contribution in [0.1, 0.15) is 11.1 Å². The molecule has 0 bridgehead atoms. The Hall–Kier alpha value is -3.23. The zero-order chi connectivity index (χ0) is 24.7. The Morgan fingerprint density at radius 1 is 1.00 bits per heavy atom. The number of rotatable bonds is 10. The van der Waals surface area contributed by atoms with Crippen LogP contribution < -0.4 is 19.1 Å². The molecule has 0 saturated heterocycles. The number of hydrogen-bond donors (Lipinski definition) is 1. The Morgan fingerprint density at radius 2 is 1.74 bits per heavy atom. The molecule has 0 saturated carbocycles. The zero-order valence-corrected chi connectivity index (χ0v) is 20.8. The fourth-order valence-electron chi connectivity index (χ4n) is 3.25. The number of halogens is 1. The molecule has 3 rings (SSSR count). The van der Waals surface area contributed by atoms with Gasteiger partial charge < -0.3 is 14.8 Å². The second-order valence-electron chi connectivity index (χ2n) is 7.66. The van der Waals surface area contributed by atoms with Crippen molar-refractivity contribution in [3.05, 3.63) is 82.9 Å². The van der Waals surface area contributed by atoms with Crippen molar-refractivity contribution in [3.63, 3.8) is 0 Å². The normalized spacial score (nSPS) is 11.1. The van der Waals surface area contributed by atoms with E-state index in [1.165, 1.54) is 25.3 Å². The van der Waals surface area contributed by atoms with Crippen LogP contribution in [0.3, 0.4) is 0 Å². The van der Waals surface area contributed by atoms with Gasteiger partial charge in [-0.25, -0.2) is 8.42 Å². The highest BCUT2D eigenvalue weighted by Crippen LogP contribution is 2.34. The maximum absolute atomic E-state index is 13.5. The fraction of sp³-hybridized carbons (Fsp3) is 0.240. The van der Waals surface area contributed by atoms with E-state index in [1.54, 1.807) is 24.3 Å². The number of hydrogen-bond acceptors (Lipinski definition) is 5. The van der Waals surface area contributed by atoms with E-state index < -0.39 is 22.5 Å². The van der Waals surface area contributed by atoms with Crippen molar-refractivity contribution >= 4 is 33.2 Å². The Bertz CT molecular complexity index is 1250. The number of nitrogens with zero attached hydrogens (tertiary/aromatic N) is 1. The van der Waals surface area contributed by atoms with Gasteiger partial charge in [0, 0.05) is 5.02 Å². The van der Waals surface area contributed by atoms with Crippen molar-refractivity contribution in [2.45, 2.75) is 18.7 Å². The average Bonchev–Trinajstić information content (AvgIpc) is 2.80. The summed E-state index contributed by atoms with van der Waals surface area (Å²) in [5.41, 5.74) is 2.15. The van der Waals surface area contributed by atoms with Crippen LogP contribution >= 0.6 is 11.6 Å². The average molecular weight is 503 g/mol. The van der Waals surface area contributed by atoms with Gasteiger partial charge in [-0.3, -0.25) is 9.10 Å². The molecule has 9 heteroatoms. The molecule has 34 heavy (non-hydrogen) atoms. The van der Waals surface area contributed by atoms with Crippen LogP contribution in [0.15, 0.2) is 71.6 Å². The van der Waals surface area contributed by atoms with Gasteiger partial charge in [0.15, 0.2) is 0 Å². The van der Waals surface area contributed by atoms with Gasteiger partial charge in [0.2, 0.25) is 5.91 Å². The van der Waals surface area contributed by atoms with Gasteiger partial charge in [0.05, 0.1) is 24.2 Å². The van der Waals surface area contributed by atoms with Gasteiger partial charge in [-0.15, -0.1) is 0 Å². The molecular weight excluding hydrogens is 476 g/mol. The molecule has 0 radical (unpaired) electrons. The third kappa shape index (κ3) is 6.42. The molecule has 0 fully saturated rings. The molecule has 0 aliphatic carbocycles. The number of aryl methyl sites for hydroxylation is 2.